The van der Waals surface area contributed by atoms with Crippen LogP contribution in [0.15, 0.2) is 40.9 Å². The highest BCUT2D eigenvalue weighted by molar-refractivity contribution is 6.29. The minimum absolute atomic E-state index is 0.0241. The van der Waals surface area contributed by atoms with Crippen molar-refractivity contribution in [1.82, 2.24) is 19.9 Å². The van der Waals surface area contributed by atoms with E-state index in [0.29, 0.717) is 48.5 Å². The molecule has 0 bridgehead atoms. The van der Waals surface area contributed by atoms with Crippen LogP contribution in [0.25, 0.3) is 10.9 Å². The van der Waals surface area contributed by atoms with Gasteiger partial charge in [0.2, 0.25) is 5.91 Å². The van der Waals surface area contributed by atoms with Gasteiger partial charge in [0.25, 0.3) is 5.91 Å². The highest BCUT2D eigenvalue weighted by atomic mass is 35.5. The second-order valence-electron chi connectivity index (χ2n) is 6.98. The number of aryl methyl sites for hydroxylation is 1. The van der Waals surface area contributed by atoms with Crippen molar-refractivity contribution >= 4 is 40.1 Å². The number of benzene rings is 1. The number of nitrogens with zero attached hydrogens (tertiary/aromatic N) is 4. The van der Waals surface area contributed by atoms with Crippen LogP contribution >= 0.6 is 11.6 Å². The summed E-state index contributed by atoms with van der Waals surface area (Å²) in [5.74, 6) is 0.871. The van der Waals surface area contributed by atoms with E-state index >= 15 is 0 Å². The summed E-state index contributed by atoms with van der Waals surface area (Å²) >= 11 is 5.91. The molecule has 0 saturated carbocycles. The number of nitrogens with one attached hydrogen (secondary N) is 1. The predicted octanol–water partition coefficient (Wildman–Crippen LogP) is 2.58. The van der Waals surface area contributed by atoms with Crippen molar-refractivity contribution in [2.75, 3.05) is 38.0 Å². The molecule has 3 heterocycles. The number of carbonyl (C=O) groups is 2. The Bertz CT molecular complexity index is 1060. The lowest BCUT2D eigenvalue weighted by atomic mass is 10.1. The van der Waals surface area contributed by atoms with Crippen LogP contribution < -0.4 is 5.32 Å². The molecule has 0 unspecified atom stereocenters. The third-order valence-corrected chi connectivity index (χ3v) is 5.03. The van der Waals surface area contributed by atoms with E-state index in [2.05, 4.69) is 15.5 Å². The number of fused-ring (bicyclic) bond motifs is 1. The molecule has 4 rings (SSSR count). The van der Waals surface area contributed by atoms with Gasteiger partial charge in [-0.1, -0.05) is 16.8 Å². The SMILES string of the molecule is Cc1cc(NC(=O)CN2CCN(C(=O)c3ccc4nc(Cl)ccc4c3)CC2)no1. The van der Waals surface area contributed by atoms with Gasteiger partial charge >= 0.3 is 0 Å². The van der Waals surface area contributed by atoms with Crippen molar-refractivity contribution < 1.29 is 14.1 Å². The van der Waals surface area contributed by atoms with Crippen LogP contribution in [-0.2, 0) is 4.79 Å². The fourth-order valence-electron chi connectivity index (χ4n) is 3.34. The van der Waals surface area contributed by atoms with E-state index in [9.17, 15) is 9.59 Å². The first-order chi connectivity index (χ1) is 14.0. The molecule has 1 aromatic carbocycles. The standard InChI is InChI=1S/C20H20ClN5O3/c1-13-10-18(24-29-13)23-19(27)12-25-6-8-26(9-7-25)20(28)15-2-4-16-14(11-15)3-5-17(21)22-16/h2-5,10-11H,6-9,12H2,1H3,(H,23,24,27). The Kier molecular flexibility index (Phi) is 5.46. The Morgan fingerprint density at radius 3 is 2.66 bits per heavy atom. The number of piperazine rings is 1. The minimum Gasteiger partial charge on any atom is -0.360 e. The third kappa shape index (κ3) is 4.55. The molecular weight excluding hydrogens is 394 g/mol. The molecule has 0 radical (unpaired) electrons. The number of hydrogen-bond acceptors (Lipinski definition) is 6. The second-order valence-corrected chi connectivity index (χ2v) is 7.37. The molecule has 8 nitrogen and oxygen atoms in total. The van der Waals surface area contributed by atoms with Crippen LogP contribution in [0.4, 0.5) is 5.82 Å². The zero-order valence-corrected chi connectivity index (χ0v) is 16.6. The lowest BCUT2D eigenvalue weighted by molar-refractivity contribution is -0.117. The van der Waals surface area contributed by atoms with E-state index in [0.717, 1.165) is 10.9 Å². The molecule has 150 valence electrons. The van der Waals surface area contributed by atoms with E-state index in [1.807, 2.05) is 17.0 Å². The maximum Gasteiger partial charge on any atom is 0.253 e. The summed E-state index contributed by atoms with van der Waals surface area (Å²) in [5.41, 5.74) is 1.38. The zero-order valence-electron chi connectivity index (χ0n) is 15.9. The third-order valence-electron chi connectivity index (χ3n) is 4.82. The predicted molar refractivity (Wildman–Crippen MR) is 109 cm³/mol. The number of pyridine rings is 1. The number of halogens is 1. The summed E-state index contributed by atoms with van der Waals surface area (Å²) in [4.78, 5) is 33.1. The molecule has 3 aromatic rings. The Labute approximate surface area is 172 Å². The summed E-state index contributed by atoms with van der Waals surface area (Å²) < 4.78 is 4.94. The molecule has 29 heavy (non-hydrogen) atoms. The topological polar surface area (TPSA) is 91.6 Å². The van der Waals surface area contributed by atoms with Crippen molar-refractivity contribution in [2.45, 2.75) is 6.92 Å². The number of rotatable bonds is 4. The van der Waals surface area contributed by atoms with Crippen LogP contribution in [0.3, 0.4) is 0 Å². The van der Waals surface area contributed by atoms with Gasteiger partial charge in [0.1, 0.15) is 10.9 Å². The van der Waals surface area contributed by atoms with Gasteiger partial charge in [-0.2, -0.15) is 0 Å². The normalized spacial score (nSPS) is 14.9. The Morgan fingerprint density at radius 2 is 1.93 bits per heavy atom. The Balaban J connectivity index is 1.32. The molecule has 1 aliphatic rings. The van der Waals surface area contributed by atoms with Crippen molar-refractivity contribution in [3.63, 3.8) is 0 Å². The molecule has 1 fully saturated rings. The summed E-state index contributed by atoms with van der Waals surface area (Å²) in [5, 5.41) is 7.76. The molecule has 9 heteroatoms. The number of carbonyl (C=O) groups excluding carboxylic acids is 2. The molecule has 0 spiro atoms. The number of amides is 2. The highest BCUT2D eigenvalue weighted by Gasteiger charge is 2.23. The van der Waals surface area contributed by atoms with Gasteiger partial charge in [-0.05, 0) is 37.3 Å². The first kappa shape index (κ1) is 19.4. The van der Waals surface area contributed by atoms with Gasteiger partial charge in [-0.3, -0.25) is 14.5 Å². The van der Waals surface area contributed by atoms with Gasteiger partial charge < -0.3 is 14.7 Å². The lowest BCUT2D eigenvalue weighted by Gasteiger charge is -2.34. The van der Waals surface area contributed by atoms with Gasteiger partial charge in [0.15, 0.2) is 5.82 Å². The van der Waals surface area contributed by atoms with Crippen molar-refractivity contribution in [3.05, 3.63) is 52.9 Å². The van der Waals surface area contributed by atoms with E-state index < -0.39 is 0 Å². The number of anilines is 1. The van der Waals surface area contributed by atoms with E-state index in [-0.39, 0.29) is 18.4 Å². The monoisotopic (exact) mass is 413 g/mol. The highest BCUT2D eigenvalue weighted by Crippen LogP contribution is 2.19. The Hall–Kier alpha value is -2.97. The zero-order chi connectivity index (χ0) is 20.4. The smallest absolute Gasteiger partial charge is 0.253 e. The number of hydrogen-bond donors (Lipinski definition) is 1. The van der Waals surface area contributed by atoms with E-state index in [1.165, 1.54) is 0 Å². The van der Waals surface area contributed by atoms with Gasteiger partial charge in [-0.15, -0.1) is 0 Å². The van der Waals surface area contributed by atoms with Crippen molar-refractivity contribution in [2.24, 2.45) is 0 Å². The molecular formula is C20H20ClN5O3. The molecule has 0 atom stereocenters. The average Bonchev–Trinajstić information content (AvgIpc) is 3.12. The van der Waals surface area contributed by atoms with Gasteiger partial charge in [-0.25, -0.2) is 4.98 Å². The fourth-order valence-corrected chi connectivity index (χ4v) is 3.49. The summed E-state index contributed by atoms with van der Waals surface area (Å²) in [6.07, 6.45) is 0. The van der Waals surface area contributed by atoms with Crippen LogP contribution in [0.1, 0.15) is 16.1 Å². The molecule has 2 amide bonds. The van der Waals surface area contributed by atoms with Crippen LogP contribution in [-0.4, -0.2) is 64.5 Å². The first-order valence-electron chi connectivity index (χ1n) is 9.29. The first-order valence-corrected chi connectivity index (χ1v) is 9.67. The van der Waals surface area contributed by atoms with E-state index in [4.69, 9.17) is 16.1 Å². The Morgan fingerprint density at radius 1 is 1.14 bits per heavy atom. The van der Waals surface area contributed by atoms with Crippen molar-refractivity contribution in [3.8, 4) is 0 Å². The van der Waals surface area contributed by atoms with Crippen LogP contribution in [0.2, 0.25) is 5.15 Å². The quantitative estimate of drug-likeness (QED) is 0.661. The molecule has 1 aliphatic heterocycles. The van der Waals surface area contributed by atoms with Crippen molar-refractivity contribution in [1.29, 1.82) is 0 Å². The summed E-state index contributed by atoms with van der Waals surface area (Å²) in [6, 6.07) is 10.6. The average molecular weight is 414 g/mol. The van der Waals surface area contributed by atoms with E-state index in [1.54, 1.807) is 36.1 Å². The van der Waals surface area contributed by atoms with Crippen LogP contribution in [0.5, 0.6) is 0 Å². The summed E-state index contributed by atoms with van der Waals surface area (Å²) in [7, 11) is 0. The molecule has 2 aromatic heterocycles. The maximum absolute atomic E-state index is 12.8. The molecule has 1 saturated heterocycles. The maximum atomic E-state index is 12.8. The lowest BCUT2D eigenvalue weighted by Crippen LogP contribution is -2.50. The summed E-state index contributed by atoms with van der Waals surface area (Å²) in [6.45, 7) is 4.39. The van der Waals surface area contributed by atoms with Gasteiger partial charge in [0, 0.05) is 43.2 Å². The number of aromatic nitrogens is 2. The fraction of sp³-hybridized carbons (Fsp3) is 0.300. The molecule has 1 N–H and O–H groups in total. The second kappa shape index (κ2) is 8.18. The largest absolute Gasteiger partial charge is 0.360 e. The van der Waals surface area contributed by atoms with Crippen LogP contribution in [0, 0.1) is 6.92 Å². The molecule has 0 aliphatic carbocycles. The minimum atomic E-state index is -0.154. The van der Waals surface area contributed by atoms with Gasteiger partial charge in [0.05, 0.1) is 12.1 Å².